The maximum Gasteiger partial charge on any atom is 0.295 e. The lowest BCUT2D eigenvalue weighted by Gasteiger charge is -2.20. The predicted octanol–water partition coefficient (Wildman–Crippen LogP) is 5.84. The summed E-state index contributed by atoms with van der Waals surface area (Å²) in [6.07, 6.45) is 0. The van der Waals surface area contributed by atoms with E-state index in [4.69, 9.17) is 4.74 Å². The highest BCUT2D eigenvalue weighted by atomic mass is 32.2. The van der Waals surface area contributed by atoms with Crippen LogP contribution >= 0.6 is 0 Å². The molecular weight excluding hydrogens is 384 g/mol. The molecule has 0 saturated carbocycles. The van der Waals surface area contributed by atoms with E-state index >= 15 is 0 Å². The number of methoxy groups -OCH3 is 1. The van der Waals surface area contributed by atoms with Crippen LogP contribution in [0.1, 0.15) is 16.7 Å². The van der Waals surface area contributed by atoms with Crippen LogP contribution in [0.5, 0.6) is 5.75 Å². The molecular formula is C24H22O4S. The molecule has 0 fully saturated rings. The largest absolute Gasteiger partial charge is 0.496 e. The molecule has 148 valence electrons. The topological polar surface area (TPSA) is 63.6 Å². The molecule has 1 N–H and O–H groups in total. The maximum absolute atomic E-state index is 12.5. The molecule has 0 unspecified atom stereocenters. The fraction of sp³-hybridized carbons (Fsp3) is 0.167. The molecule has 5 heteroatoms. The number of ether oxygens (including phenoxy) is 1. The van der Waals surface area contributed by atoms with E-state index in [0.717, 1.165) is 32.7 Å². The van der Waals surface area contributed by atoms with Crippen LogP contribution in [0.3, 0.4) is 0 Å². The first-order chi connectivity index (χ1) is 13.7. The van der Waals surface area contributed by atoms with Gasteiger partial charge in [-0.25, -0.2) is 0 Å². The molecule has 0 aliphatic rings. The molecule has 0 heterocycles. The smallest absolute Gasteiger partial charge is 0.295 e. The van der Waals surface area contributed by atoms with E-state index in [1.807, 2.05) is 56.3 Å². The molecule has 29 heavy (non-hydrogen) atoms. The van der Waals surface area contributed by atoms with Crippen molar-refractivity contribution in [3.05, 3.63) is 71.3 Å². The van der Waals surface area contributed by atoms with Crippen LogP contribution in [0.2, 0.25) is 0 Å². The summed E-state index contributed by atoms with van der Waals surface area (Å²) in [5.74, 6) is 0.599. The van der Waals surface area contributed by atoms with E-state index in [0.29, 0.717) is 22.4 Å². The second-order valence-electron chi connectivity index (χ2n) is 7.42. The summed E-state index contributed by atoms with van der Waals surface area (Å²) in [6.45, 7) is 5.66. The van der Waals surface area contributed by atoms with Gasteiger partial charge in [-0.15, -0.1) is 0 Å². The van der Waals surface area contributed by atoms with Crippen molar-refractivity contribution in [3.63, 3.8) is 0 Å². The van der Waals surface area contributed by atoms with Gasteiger partial charge in [0, 0.05) is 11.1 Å². The van der Waals surface area contributed by atoms with Gasteiger partial charge in [0.25, 0.3) is 10.1 Å². The molecule has 0 aromatic heterocycles. The molecule has 4 aromatic rings. The lowest BCUT2D eigenvalue weighted by atomic mass is 9.89. The quantitative estimate of drug-likeness (QED) is 0.434. The van der Waals surface area contributed by atoms with E-state index in [1.165, 1.54) is 0 Å². The van der Waals surface area contributed by atoms with Crippen LogP contribution in [-0.2, 0) is 10.1 Å². The predicted molar refractivity (Wildman–Crippen MR) is 117 cm³/mol. The minimum Gasteiger partial charge on any atom is -0.496 e. The van der Waals surface area contributed by atoms with Crippen molar-refractivity contribution in [2.45, 2.75) is 25.7 Å². The Kier molecular flexibility index (Phi) is 4.60. The molecule has 0 amide bonds. The molecule has 0 aliphatic carbocycles. The highest BCUT2D eigenvalue weighted by Crippen LogP contribution is 2.46. The van der Waals surface area contributed by atoms with Crippen LogP contribution in [0, 0.1) is 20.8 Å². The third kappa shape index (κ3) is 3.16. The Morgan fingerprint density at radius 3 is 2.14 bits per heavy atom. The van der Waals surface area contributed by atoms with Crippen molar-refractivity contribution in [2.24, 2.45) is 0 Å². The SMILES string of the molecule is COc1c(C)cc2cc(C)ccc2c1-c1c(S(=O)(=O)O)c(C)cc2ccccc12. The van der Waals surface area contributed by atoms with E-state index in [9.17, 15) is 13.0 Å². The highest BCUT2D eigenvalue weighted by Gasteiger charge is 2.26. The lowest BCUT2D eigenvalue weighted by molar-refractivity contribution is 0.414. The van der Waals surface area contributed by atoms with Gasteiger partial charge in [0.1, 0.15) is 10.6 Å². The van der Waals surface area contributed by atoms with Crippen molar-refractivity contribution in [1.29, 1.82) is 0 Å². The van der Waals surface area contributed by atoms with Crippen LogP contribution in [0.15, 0.2) is 59.5 Å². The van der Waals surface area contributed by atoms with Crippen LogP contribution in [-0.4, -0.2) is 20.1 Å². The Balaban J connectivity index is 2.34. The number of aryl methyl sites for hydroxylation is 3. The van der Waals surface area contributed by atoms with E-state index in [2.05, 4.69) is 6.07 Å². The Labute approximate surface area is 170 Å². The third-order valence-electron chi connectivity index (χ3n) is 5.33. The van der Waals surface area contributed by atoms with Gasteiger partial charge < -0.3 is 4.74 Å². The van der Waals surface area contributed by atoms with Crippen molar-refractivity contribution in [2.75, 3.05) is 7.11 Å². The summed E-state index contributed by atoms with van der Waals surface area (Å²) in [5.41, 5.74) is 3.64. The summed E-state index contributed by atoms with van der Waals surface area (Å²) < 4.78 is 40.9. The monoisotopic (exact) mass is 406 g/mol. The Morgan fingerprint density at radius 1 is 0.793 bits per heavy atom. The first kappa shape index (κ1) is 19.4. The van der Waals surface area contributed by atoms with Gasteiger partial charge in [-0.2, -0.15) is 8.42 Å². The van der Waals surface area contributed by atoms with E-state index < -0.39 is 10.1 Å². The minimum atomic E-state index is -4.47. The minimum absolute atomic E-state index is 0.0815. The zero-order valence-corrected chi connectivity index (χ0v) is 17.6. The highest BCUT2D eigenvalue weighted by molar-refractivity contribution is 7.86. The molecule has 0 atom stereocenters. The van der Waals surface area contributed by atoms with Gasteiger partial charge in [0.2, 0.25) is 0 Å². The summed E-state index contributed by atoms with van der Waals surface area (Å²) in [4.78, 5) is -0.0815. The van der Waals surface area contributed by atoms with E-state index in [1.54, 1.807) is 20.1 Å². The normalized spacial score (nSPS) is 11.9. The molecule has 0 bridgehead atoms. The summed E-state index contributed by atoms with van der Waals surface area (Å²) >= 11 is 0. The molecule has 0 spiro atoms. The standard InChI is InChI=1S/C24H22O4S/c1-14-9-10-20-18(11-14)12-15(2)23(28-4)21(20)22-19-8-6-5-7-17(19)13-16(3)24(22)29(25,26)27/h5-13H,1-4H3,(H,25,26,27). The summed E-state index contributed by atoms with van der Waals surface area (Å²) in [5, 5.41) is 3.51. The molecule has 0 radical (unpaired) electrons. The van der Waals surface area contributed by atoms with Gasteiger partial charge in [-0.1, -0.05) is 54.1 Å². The number of hydrogen-bond acceptors (Lipinski definition) is 3. The molecule has 4 aromatic carbocycles. The number of fused-ring (bicyclic) bond motifs is 2. The molecule has 4 rings (SSSR count). The van der Waals surface area contributed by atoms with Crippen molar-refractivity contribution < 1.29 is 17.7 Å². The van der Waals surface area contributed by atoms with Crippen molar-refractivity contribution in [3.8, 4) is 16.9 Å². The summed E-state index contributed by atoms with van der Waals surface area (Å²) in [7, 11) is -2.89. The van der Waals surface area contributed by atoms with Gasteiger partial charge >= 0.3 is 0 Å². The first-order valence-electron chi connectivity index (χ1n) is 9.30. The number of rotatable bonds is 3. The Morgan fingerprint density at radius 2 is 1.45 bits per heavy atom. The average Bonchev–Trinajstić information content (AvgIpc) is 2.64. The van der Waals surface area contributed by atoms with Gasteiger partial charge in [0.15, 0.2) is 0 Å². The zero-order chi connectivity index (χ0) is 20.9. The van der Waals surface area contributed by atoms with Gasteiger partial charge in [-0.05, 0) is 59.5 Å². The lowest BCUT2D eigenvalue weighted by Crippen LogP contribution is -2.06. The van der Waals surface area contributed by atoms with Crippen molar-refractivity contribution >= 4 is 31.7 Å². The fourth-order valence-corrected chi connectivity index (χ4v) is 5.14. The third-order valence-corrected chi connectivity index (χ3v) is 6.38. The Bertz CT molecular complexity index is 1390. The maximum atomic E-state index is 12.5. The van der Waals surface area contributed by atoms with Crippen LogP contribution in [0.4, 0.5) is 0 Å². The van der Waals surface area contributed by atoms with Gasteiger partial charge in [-0.3, -0.25) is 4.55 Å². The van der Waals surface area contributed by atoms with Gasteiger partial charge in [0.05, 0.1) is 7.11 Å². The zero-order valence-electron chi connectivity index (χ0n) is 16.8. The van der Waals surface area contributed by atoms with Crippen LogP contribution in [0.25, 0.3) is 32.7 Å². The Hall–Kier alpha value is -2.89. The first-order valence-corrected chi connectivity index (χ1v) is 10.7. The van der Waals surface area contributed by atoms with E-state index in [-0.39, 0.29) is 4.90 Å². The molecule has 0 aliphatic heterocycles. The second kappa shape index (κ2) is 6.87. The van der Waals surface area contributed by atoms with Crippen LogP contribution < -0.4 is 4.74 Å². The molecule has 4 nitrogen and oxygen atoms in total. The fourth-order valence-electron chi connectivity index (χ4n) is 4.21. The number of hydrogen-bond donors (Lipinski definition) is 1. The molecule has 0 saturated heterocycles. The van der Waals surface area contributed by atoms with Crippen molar-refractivity contribution in [1.82, 2.24) is 0 Å². The summed E-state index contributed by atoms with van der Waals surface area (Å²) in [6, 6.07) is 17.5. The average molecular weight is 407 g/mol. The number of benzene rings is 4. The second-order valence-corrected chi connectivity index (χ2v) is 8.78.